The lowest BCUT2D eigenvalue weighted by Crippen LogP contribution is -2.21. The van der Waals surface area contributed by atoms with Crippen LogP contribution in [0.2, 0.25) is 0 Å². The number of aromatic nitrogens is 2. The number of nitrogens with zero attached hydrogens (tertiary/aromatic N) is 1. The zero-order valence-corrected chi connectivity index (χ0v) is 15.3. The van der Waals surface area contributed by atoms with E-state index in [-0.39, 0.29) is 24.3 Å². The van der Waals surface area contributed by atoms with Crippen LogP contribution in [0, 0.1) is 18.3 Å². The van der Waals surface area contributed by atoms with Gasteiger partial charge in [-0.05, 0) is 31.9 Å². The molecule has 0 unspecified atom stereocenters. The standard InChI is InChI=1S/C19H20N4O5/c1-12-18(23-19(27)21-12)15(24)8-4-5-9-17(26)28-11-16(25)22-14-7-3-2-6-13(14)10-20/h2-3,6-7H,4-5,8-9,11H2,1H3,(H,22,25)(H2,21,23,27). The Balaban J connectivity index is 1.66. The summed E-state index contributed by atoms with van der Waals surface area (Å²) in [6, 6.07) is 8.44. The van der Waals surface area contributed by atoms with Crippen LogP contribution in [-0.2, 0) is 14.3 Å². The Labute approximate surface area is 160 Å². The number of anilines is 1. The van der Waals surface area contributed by atoms with Crippen molar-refractivity contribution in [1.82, 2.24) is 9.97 Å². The molecule has 9 heteroatoms. The van der Waals surface area contributed by atoms with E-state index in [2.05, 4.69) is 15.3 Å². The van der Waals surface area contributed by atoms with E-state index in [1.54, 1.807) is 31.2 Å². The lowest BCUT2D eigenvalue weighted by Gasteiger charge is -2.07. The zero-order valence-electron chi connectivity index (χ0n) is 15.3. The Morgan fingerprint density at radius 1 is 1.14 bits per heavy atom. The van der Waals surface area contributed by atoms with Gasteiger partial charge in [-0.25, -0.2) is 4.79 Å². The summed E-state index contributed by atoms with van der Waals surface area (Å²) in [4.78, 5) is 51.6. The number of unbranched alkanes of at least 4 members (excludes halogenated alkanes) is 1. The van der Waals surface area contributed by atoms with Crippen molar-refractivity contribution in [3.05, 3.63) is 51.7 Å². The third kappa shape index (κ3) is 5.95. The number of H-pyrrole nitrogens is 2. The normalized spacial score (nSPS) is 10.1. The van der Waals surface area contributed by atoms with Gasteiger partial charge in [-0.2, -0.15) is 5.26 Å². The Hall–Kier alpha value is -3.67. The Morgan fingerprint density at radius 2 is 1.86 bits per heavy atom. The molecular weight excluding hydrogens is 364 g/mol. The smallest absolute Gasteiger partial charge is 0.323 e. The summed E-state index contributed by atoms with van der Waals surface area (Å²) in [7, 11) is 0. The van der Waals surface area contributed by atoms with Gasteiger partial charge in [0.1, 0.15) is 11.8 Å². The molecule has 1 aromatic heterocycles. The molecule has 0 atom stereocenters. The molecule has 28 heavy (non-hydrogen) atoms. The number of aryl methyl sites for hydroxylation is 1. The van der Waals surface area contributed by atoms with E-state index >= 15 is 0 Å². The number of hydrogen-bond donors (Lipinski definition) is 3. The van der Waals surface area contributed by atoms with Gasteiger partial charge in [-0.15, -0.1) is 0 Å². The molecule has 0 radical (unpaired) electrons. The number of amides is 1. The first-order chi connectivity index (χ1) is 13.4. The van der Waals surface area contributed by atoms with Gasteiger partial charge >= 0.3 is 11.7 Å². The number of esters is 1. The van der Waals surface area contributed by atoms with E-state index in [9.17, 15) is 19.2 Å². The van der Waals surface area contributed by atoms with Crippen molar-refractivity contribution in [2.75, 3.05) is 11.9 Å². The quantitative estimate of drug-likeness (QED) is 0.341. The Bertz CT molecular complexity index is 967. The SMILES string of the molecule is Cc1[nH]c(=O)[nH]c1C(=O)CCCCC(=O)OCC(=O)Nc1ccccc1C#N. The van der Waals surface area contributed by atoms with Crippen molar-refractivity contribution < 1.29 is 19.1 Å². The number of aromatic amines is 2. The number of imidazole rings is 1. The highest BCUT2D eigenvalue weighted by molar-refractivity contribution is 5.95. The van der Waals surface area contributed by atoms with Crippen LogP contribution >= 0.6 is 0 Å². The summed E-state index contributed by atoms with van der Waals surface area (Å²) in [5, 5.41) is 11.5. The van der Waals surface area contributed by atoms with Gasteiger partial charge in [0.15, 0.2) is 12.4 Å². The fourth-order valence-electron chi connectivity index (χ4n) is 2.52. The molecular formula is C19H20N4O5. The number of nitriles is 1. The molecule has 0 aliphatic heterocycles. The summed E-state index contributed by atoms with van der Waals surface area (Å²) in [6.07, 6.45) is 1.12. The van der Waals surface area contributed by atoms with Crippen molar-refractivity contribution in [1.29, 1.82) is 5.26 Å². The summed E-state index contributed by atoms with van der Waals surface area (Å²) in [5.41, 5.74) is 0.967. The number of carbonyl (C=O) groups is 3. The van der Waals surface area contributed by atoms with Crippen molar-refractivity contribution in [2.45, 2.75) is 32.6 Å². The fourth-order valence-corrected chi connectivity index (χ4v) is 2.52. The fraction of sp³-hybridized carbons (Fsp3) is 0.316. The van der Waals surface area contributed by atoms with Gasteiger partial charge in [0.2, 0.25) is 0 Å². The van der Waals surface area contributed by atoms with E-state index in [1.165, 1.54) is 0 Å². The maximum absolute atomic E-state index is 12.0. The zero-order chi connectivity index (χ0) is 20.5. The summed E-state index contributed by atoms with van der Waals surface area (Å²) in [6.45, 7) is 1.17. The second kappa shape index (κ2) is 9.87. The molecule has 0 aliphatic rings. The molecule has 0 saturated carbocycles. The van der Waals surface area contributed by atoms with Crippen molar-refractivity contribution >= 4 is 23.3 Å². The van der Waals surface area contributed by atoms with Crippen LogP contribution in [0.4, 0.5) is 5.69 Å². The second-order valence-electron chi connectivity index (χ2n) is 6.08. The first-order valence-electron chi connectivity index (χ1n) is 8.67. The number of para-hydroxylation sites is 1. The number of carbonyl (C=O) groups excluding carboxylic acids is 3. The number of rotatable bonds is 9. The molecule has 9 nitrogen and oxygen atoms in total. The molecule has 1 heterocycles. The number of nitrogens with one attached hydrogen (secondary N) is 3. The molecule has 3 N–H and O–H groups in total. The topological polar surface area (TPSA) is 145 Å². The molecule has 1 amide bonds. The minimum Gasteiger partial charge on any atom is -0.456 e. The number of hydrogen-bond acceptors (Lipinski definition) is 6. The predicted octanol–water partition coefficient (Wildman–Crippen LogP) is 1.81. The minimum atomic E-state index is -0.553. The van der Waals surface area contributed by atoms with Gasteiger partial charge in [0.25, 0.3) is 5.91 Å². The number of ketones is 1. The van der Waals surface area contributed by atoms with E-state index in [1.807, 2.05) is 6.07 Å². The molecule has 2 aromatic rings. The van der Waals surface area contributed by atoms with Crippen LogP contribution < -0.4 is 11.0 Å². The molecule has 0 spiro atoms. The molecule has 0 aliphatic carbocycles. The van der Waals surface area contributed by atoms with Crippen LogP contribution in [0.25, 0.3) is 0 Å². The molecule has 0 saturated heterocycles. The van der Waals surface area contributed by atoms with E-state index in [4.69, 9.17) is 10.00 Å². The predicted molar refractivity (Wildman–Crippen MR) is 99.7 cm³/mol. The highest BCUT2D eigenvalue weighted by atomic mass is 16.5. The lowest BCUT2D eigenvalue weighted by atomic mass is 10.1. The second-order valence-corrected chi connectivity index (χ2v) is 6.08. The highest BCUT2D eigenvalue weighted by Gasteiger charge is 2.13. The van der Waals surface area contributed by atoms with E-state index in [0.717, 1.165) is 0 Å². The molecule has 146 valence electrons. The minimum absolute atomic E-state index is 0.0674. The lowest BCUT2D eigenvalue weighted by molar-refractivity contribution is -0.147. The van der Waals surface area contributed by atoms with Crippen molar-refractivity contribution in [3.63, 3.8) is 0 Å². The molecule has 2 rings (SSSR count). The number of Topliss-reactive ketones (excluding diaryl/α,β-unsaturated/α-hetero) is 1. The van der Waals surface area contributed by atoms with Gasteiger partial charge in [-0.1, -0.05) is 12.1 Å². The van der Waals surface area contributed by atoms with Crippen LogP contribution in [0.5, 0.6) is 0 Å². The molecule has 0 bridgehead atoms. The van der Waals surface area contributed by atoms with Crippen molar-refractivity contribution in [3.8, 4) is 6.07 Å². The Kier molecular flexibility index (Phi) is 7.28. The first-order valence-corrected chi connectivity index (χ1v) is 8.67. The van der Waals surface area contributed by atoms with Gasteiger partial charge in [0.05, 0.1) is 11.3 Å². The number of ether oxygens (including phenoxy) is 1. The van der Waals surface area contributed by atoms with Crippen molar-refractivity contribution in [2.24, 2.45) is 0 Å². The third-order valence-electron chi connectivity index (χ3n) is 3.91. The van der Waals surface area contributed by atoms with E-state index in [0.29, 0.717) is 29.8 Å². The van der Waals surface area contributed by atoms with Gasteiger partial charge < -0.3 is 20.0 Å². The summed E-state index contributed by atoms with van der Waals surface area (Å²) in [5.74, 6) is -1.31. The van der Waals surface area contributed by atoms with Gasteiger partial charge in [-0.3, -0.25) is 14.4 Å². The van der Waals surface area contributed by atoms with Crippen LogP contribution in [0.1, 0.15) is 47.4 Å². The van der Waals surface area contributed by atoms with Crippen LogP contribution in [-0.4, -0.2) is 34.2 Å². The maximum Gasteiger partial charge on any atom is 0.323 e. The number of benzene rings is 1. The monoisotopic (exact) mass is 384 g/mol. The first kappa shape index (κ1) is 20.6. The molecule has 0 fully saturated rings. The molecule has 1 aromatic carbocycles. The maximum atomic E-state index is 12.0. The van der Waals surface area contributed by atoms with Crippen LogP contribution in [0.15, 0.2) is 29.1 Å². The average molecular weight is 384 g/mol. The summed E-state index contributed by atoms with van der Waals surface area (Å²) < 4.78 is 4.89. The van der Waals surface area contributed by atoms with E-state index < -0.39 is 24.2 Å². The summed E-state index contributed by atoms with van der Waals surface area (Å²) >= 11 is 0. The largest absolute Gasteiger partial charge is 0.456 e. The van der Waals surface area contributed by atoms with Gasteiger partial charge in [0, 0.05) is 18.5 Å². The van der Waals surface area contributed by atoms with Crippen LogP contribution in [0.3, 0.4) is 0 Å². The highest BCUT2D eigenvalue weighted by Crippen LogP contribution is 2.13. The average Bonchev–Trinajstić information content (AvgIpc) is 3.02. The Morgan fingerprint density at radius 3 is 2.54 bits per heavy atom. The third-order valence-corrected chi connectivity index (χ3v) is 3.91.